The number of hydrogen-bond donors (Lipinski definition) is 2. The second-order valence-corrected chi connectivity index (χ2v) is 3.10. The molecule has 1 saturated heterocycles. The number of carbonyl (C=O) groups excluding carboxylic acids is 1. The van der Waals surface area contributed by atoms with Crippen LogP contribution in [0.25, 0.3) is 0 Å². The Kier molecular flexibility index (Phi) is 3.61. The minimum Gasteiger partial charge on any atom is -0.387 e. The predicted octanol–water partition coefficient (Wildman–Crippen LogP) is 0.525. The lowest BCUT2D eigenvalue weighted by Gasteiger charge is -2.15. The van der Waals surface area contributed by atoms with Crippen molar-refractivity contribution >= 4 is 6.03 Å². The molecule has 1 aliphatic heterocycles. The molecule has 1 rings (SSSR count). The van der Waals surface area contributed by atoms with E-state index in [0.717, 1.165) is 38.3 Å². The van der Waals surface area contributed by atoms with Gasteiger partial charge in [0.1, 0.15) is 0 Å². The van der Waals surface area contributed by atoms with Crippen LogP contribution in [0.15, 0.2) is 12.3 Å². The topological polar surface area (TPSA) is 44.4 Å². The molecule has 0 atom stereocenters. The minimum atomic E-state index is 0.0453. The highest BCUT2D eigenvalue weighted by Crippen LogP contribution is 1.95. The van der Waals surface area contributed by atoms with Crippen molar-refractivity contribution in [3.8, 4) is 0 Å². The van der Waals surface area contributed by atoms with Crippen LogP contribution in [0.5, 0.6) is 0 Å². The average Bonchev–Trinajstić information content (AvgIpc) is 2.52. The van der Waals surface area contributed by atoms with Gasteiger partial charge in [0, 0.05) is 31.9 Å². The SMILES string of the molecule is C=C(CC)NCCN1CCNC1=O. The summed E-state index contributed by atoms with van der Waals surface area (Å²) >= 11 is 0. The Hall–Kier alpha value is -1.19. The predicted molar refractivity (Wildman–Crippen MR) is 52.4 cm³/mol. The highest BCUT2D eigenvalue weighted by atomic mass is 16.2. The molecule has 0 aromatic carbocycles. The summed E-state index contributed by atoms with van der Waals surface area (Å²) in [5, 5.41) is 5.92. The maximum atomic E-state index is 11.1. The van der Waals surface area contributed by atoms with Crippen LogP contribution in [-0.4, -0.2) is 37.1 Å². The Morgan fingerprint density at radius 1 is 1.77 bits per heavy atom. The third-order valence-corrected chi connectivity index (χ3v) is 2.13. The van der Waals surface area contributed by atoms with Crippen molar-refractivity contribution < 1.29 is 4.79 Å². The van der Waals surface area contributed by atoms with Gasteiger partial charge in [-0.1, -0.05) is 13.5 Å². The maximum absolute atomic E-state index is 11.1. The molecule has 2 amide bonds. The maximum Gasteiger partial charge on any atom is 0.317 e. The van der Waals surface area contributed by atoms with Crippen molar-refractivity contribution in [1.29, 1.82) is 0 Å². The number of hydrogen-bond acceptors (Lipinski definition) is 2. The van der Waals surface area contributed by atoms with E-state index in [-0.39, 0.29) is 6.03 Å². The second kappa shape index (κ2) is 4.74. The normalized spacial score (nSPS) is 15.8. The molecule has 2 N–H and O–H groups in total. The van der Waals surface area contributed by atoms with Gasteiger partial charge in [0.05, 0.1) is 0 Å². The smallest absolute Gasteiger partial charge is 0.317 e. The molecule has 0 unspecified atom stereocenters. The fourth-order valence-electron chi connectivity index (χ4n) is 1.22. The molecule has 1 fully saturated rings. The molecule has 0 aromatic heterocycles. The molecule has 0 aromatic rings. The lowest BCUT2D eigenvalue weighted by molar-refractivity contribution is 0.218. The van der Waals surface area contributed by atoms with E-state index in [2.05, 4.69) is 24.1 Å². The Labute approximate surface area is 79.0 Å². The van der Waals surface area contributed by atoms with Crippen molar-refractivity contribution in [2.24, 2.45) is 0 Å². The molecule has 4 nitrogen and oxygen atoms in total. The van der Waals surface area contributed by atoms with E-state index < -0.39 is 0 Å². The van der Waals surface area contributed by atoms with Gasteiger partial charge in [-0.15, -0.1) is 0 Å². The van der Waals surface area contributed by atoms with Crippen molar-refractivity contribution in [2.75, 3.05) is 26.2 Å². The fraction of sp³-hybridized carbons (Fsp3) is 0.667. The van der Waals surface area contributed by atoms with E-state index in [4.69, 9.17) is 0 Å². The standard InChI is InChI=1S/C9H17N3O/c1-3-8(2)10-4-6-12-7-5-11-9(12)13/h10H,2-7H2,1H3,(H,11,13). The van der Waals surface area contributed by atoms with Gasteiger partial charge >= 0.3 is 6.03 Å². The molecule has 0 radical (unpaired) electrons. The van der Waals surface area contributed by atoms with Gasteiger partial charge in [-0.2, -0.15) is 0 Å². The molecule has 1 aliphatic rings. The number of allylic oxidation sites excluding steroid dienone is 1. The molecule has 0 aliphatic carbocycles. The summed E-state index contributed by atoms with van der Waals surface area (Å²) in [4.78, 5) is 12.9. The first-order chi connectivity index (χ1) is 6.24. The lowest BCUT2D eigenvalue weighted by atomic mass is 10.4. The van der Waals surface area contributed by atoms with Gasteiger partial charge < -0.3 is 15.5 Å². The second-order valence-electron chi connectivity index (χ2n) is 3.10. The van der Waals surface area contributed by atoms with Gasteiger partial charge in [0.25, 0.3) is 0 Å². The van der Waals surface area contributed by atoms with Gasteiger partial charge in [-0.05, 0) is 6.42 Å². The molecule has 0 spiro atoms. The molecule has 74 valence electrons. The number of urea groups is 1. The van der Waals surface area contributed by atoms with Crippen LogP contribution in [0.1, 0.15) is 13.3 Å². The third kappa shape index (κ3) is 2.97. The van der Waals surface area contributed by atoms with Crippen molar-refractivity contribution in [3.05, 3.63) is 12.3 Å². The molecule has 0 saturated carbocycles. The van der Waals surface area contributed by atoms with E-state index >= 15 is 0 Å². The van der Waals surface area contributed by atoms with Gasteiger partial charge in [-0.3, -0.25) is 0 Å². The number of nitrogens with zero attached hydrogens (tertiary/aromatic N) is 1. The number of amides is 2. The lowest BCUT2D eigenvalue weighted by Crippen LogP contribution is -2.34. The molecular weight excluding hydrogens is 166 g/mol. The first-order valence-corrected chi connectivity index (χ1v) is 4.68. The zero-order chi connectivity index (χ0) is 9.68. The van der Waals surface area contributed by atoms with E-state index in [9.17, 15) is 4.79 Å². The summed E-state index contributed by atoms with van der Waals surface area (Å²) < 4.78 is 0. The Balaban J connectivity index is 2.12. The van der Waals surface area contributed by atoms with Crippen molar-refractivity contribution in [1.82, 2.24) is 15.5 Å². The van der Waals surface area contributed by atoms with E-state index in [0.29, 0.717) is 0 Å². The summed E-state index contributed by atoms with van der Waals surface area (Å²) in [7, 11) is 0. The van der Waals surface area contributed by atoms with Crippen molar-refractivity contribution in [2.45, 2.75) is 13.3 Å². The zero-order valence-corrected chi connectivity index (χ0v) is 8.10. The van der Waals surface area contributed by atoms with Gasteiger partial charge in [0.2, 0.25) is 0 Å². The summed E-state index contributed by atoms with van der Waals surface area (Å²) in [6.07, 6.45) is 0.937. The number of carbonyl (C=O) groups is 1. The molecule has 1 heterocycles. The summed E-state index contributed by atoms with van der Waals surface area (Å²) in [6.45, 7) is 9.02. The first-order valence-electron chi connectivity index (χ1n) is 4.68. The van der Waals surface area contributed by atoms with Gasteiger partial charge in [-0.25, -0.2) is 4.79 Å². The highest BCUT2D eigenvalue weighted by molar-refractivity contribution is 5.76. The van der Waals surface area contributed by atoms with E-state index in [1.54, 1.807) is 4.90 Å². The van der Waals surface area contributed by atoms with Crippen LogP contribution in [0, 0.1) is 0 Å². The molecule has 0 bridgehead atoms. The molecule has 13 heavy (non-hydrogen) atoms. The van der Waals surface area contributed by atoms with Crippen LogP contribution in [0.3, 0.4) is 0 Å². The molecule has 4 heteroatoms. The van der Waals surface area contributed by atoms with E-state index in [1.165, 1.54) is 0 Å². The summed E-state index contributed by atoms with van der Waals surface area (Å²) in [5.41, 5.74) is 1.03. The Bertz CT molecular complexity index is 203. The number of rotatable bonds is 5. The van der Waals surface area contributed by atoms with Crippen LogP contribution < -0.4 is 10.6 Å². The first kappa shape index (κ1) is 9.89. The molecular formula is C9H17N3O. The average molecular weight is 183 g/mol. The minimum absolute atomic E-state index is 0.0453. The summed E-state index contributed by atoms with van der Waals surface area (Å²) in [6, 6.07) is 0.0453. The van der Waals surface area contributed by atoms with E-state index in [1.807, 2.05) is 0 Å². The largest absolute Gasteiger partial charge is 0.387 e. The van der Waals surface area contributed by atoms with Crippen LogP contribution in [-0.2, 0) is 0 Å². The highest BCUT2D eigenvalue weighted by Gasteiger charge is 2.17. The zero-order valence-electron chi connectivity index (χ0n) is 8.10. The Morgan fingerprint density at radius 2 is 2.54 bits per heavy atom. The van der Waals surface area contributed by atoms with Crippen molar-refractivity contribution in [3.63, 3.8) is 0 Å². The third-order valence-electron chi connectivity index (χ3n) is 2.13. The van der Waals surface area contributed by atoms with Crippen LogP contribution in [0.2, 0.25) is 0 Å². The Morgan fingerprint density at radius 3 is 3.08 bits per heavy atom. The monoisotopic (exact) mass is 183 g/mol. The fourth-order valence-corrected chi connectivity index (χ4v) is 1.22. The summed E-state index contributed by atoms with van der Waals surface area (Å²) in [5.74, 6) is 0. The van der Waals surface area contributed by atoms with Crippen LogP contribution >= 0.6 is 0 Å². The van der Waals surface area contributed by atoms with Crippen LogP contribution in [0.4, 0.5) is 4.79 Å². The quantitative estimate of drug-likeness (QED) is 0.653. The van der Waals surface area contributed by atoms with Gasteiger partial charge in [0.15, 0.2) is 0 Å². The number of nitrogens with one attached hydrogen (secondary N) is 2.